The van der Waals surface area contributed by atoms with E-state index in [0.717, 1.165) is 30.6 Å². The first-order valence-corrected chi connectivity index (χ1v) is 9.38. The molecule has 26 heavy (non-hydrogen) atoms. The zero-order chi connectivity index (χ0) is 18.7. The molecule has 0 atom stereocenters. The fourth-order valence-corrected chi connectivity index (χ4v) is 3.97. The van der Waals surface area contributed by atoms with Crippen molar-refractivity contribution in [3.63, 3.8) is 0 Å². The van der Waals surface area contributed by atoms with Gasteiger partial charge in [-0.3, -0.25) is 14.5 Å². The molecule has 1 saturated heterocycles. The molecule has 1 heterocycles. The first kappa shape index (κ1) is 18.4. The van der Waals surface area contributed by atoms with E-state index in [9.17, 15) is 14.4 Å². The van der Waals surface area contributed by atoms with Crippen LogP contribution in [0.1, 0.15) is 48.8 Å². The van der Waals surface area contributed by atoms with E-state index in [-0.39, 0.29) is 18.4 Å². The second kappa shape index (κ2) is 7.48. The van der Waals surface area contributed by atoms with Crippen molar-refractivity contribution in [3.8, 4) is 0 Å². The third kappa shape index (κ3) is 3.74. The highest BCUT2D eigenvalue weighted by Crippen LogP contribution is 2.34. The molecule has 6 nitrogen and oxygen atoms in total. The second-order valence-electron chi connectivity index (χ2n) is 7.49. The number of carbonyl (C=O) groups excluding carboxylic acids is 3. The van der Waals surface area contributed by atoms with Crippen LogP contribution in [0.3, 0.4) is 0 Å². The molecule has 1 aliphatic heterocycles. The Morgan fingerprint density at radius 3 is 2.65 bits per heavy atom. The zero-order valence-corrected chi connectivity index (χ0v) is 15.6. The molecule has 0 unspecified atom stereocenters. The molecule has 3 rings (SSSR count). The van der Waals surface area contributed by atoms with Crippen LogP contribution < -0.4 is 10.6 Å². The van der Waals surface area contributed by atoms with E-state index < -0.39 is 11.6 Å². The number of nitrogens with zero attached hydrogens (tertiary/aromatic N) is 1. The Hall–Kier alpha value is -2.37. The Morgan fingerprint density at radius 1 is 1.23 bits per heavy atom. The van der Waals surface area contributed by atoms with E-state index in [1.54, 1.807) is 0 Å². The van der Waals surface area contributed by atoms with Gasteiger partial charge >= 0.3 is 6.03 Å². The predicted octanol–water partition coefficient (Wildman–Crippen LogP) is 2.22. The van der Waals surface area contributed by atoms with Crippen LogP contribution in [0.5, 0.6) is 0 Å². The molecule has 6 heteroatoms. The van der Waals surface area contributed by atoms with Crippen molar-refractivity contribution in [2.75, 3.05) is 13.1 Å². The number of imide groups is 1. The number of aryl methyl sites for hydroxylation is 3. The summed E-state index contributed by atoms with van der Waals surface area (Å²) in [6, 6.07) is 5.94. The van der Waals surface area contributed by atoms with Crippen LogP contribution in [0.2, 0.25) is 0 Å². The van der Waals surface area contributed by atoms with E-state index in [0.29, 0.717) is 19.4 Å². The SMILES string of the molecule is Cc1ccc(CCCNC(=O)CN2C(=O)NC3(CCCC3)C2=O)c(C)c1. The van der Waals surface area contributed by atoms with Crippen LogP contribution in [0.25, 0.3) is 0 Å². The topological polar surface area (TPSA) is 78.5 Å². The van der Waals surface area contributed by atoms with Crippen molar-refractivity contribution in [1.82, 2.24) is 15.5 Å². The lowest BCUT2D eigenvalue weighted by Crippen LogP contribution is -2.45. The molecule has 1 saturated carbocycles. The van der Waals surface area contributed by atoms with Crippen LogP contribution in [0.4, 0.5) is 4.79 Å². The highest BCUT2D eigenvalue weighted by atomic mass is 16.2. The maximum absolute atomic E-state index is 12.5. The summed E-state index contributed by atoms with van der Waals surface area (Å²) in [5, 5.41) is 5.61. The summed E-state index contributed by atoms with van der Waals surface area (Å²) in [6.45, 7) is 4.50. The summed E-state index contributed by atoms with van der Waals surface area (Å²) in [5.74, 6) is -0.533. The summed E-state index contributed by atoms with van der Waals surface area (Å²) in [5.41, 5.74) is 3.04. The quantitative estimate of drug-likeness (QED) is 0.605. The van der Waals surface area contributed by atoms with Crippen molar-refractivity contribution in [1.29, 1.82) is 0 Å². The number of carbonyl (C=O) groups is 3. The van der Waals surface area contributed by atoms with Gasteiger partial charge in [-0.15, -0.1) is 0 Å². The number of benzene rings is 1. The van der Waals surface area contributed by atoms with Crippen LogP contribution in [0.15, 0.2) is 18.2 Å². The first-order valence-electron chi connectivity index (χ1n) is 9.38. The molecule has 2 aliphatic rings. The summed E-state index contributed by atoms with van der Waals surface area (Å²) in [7, 11) is 0. The molecule has 2 N–H and O–H groups in total. The maximum atomic E-state index is 12.5. The largest absolute Gasteiger partial charge is 0.355 e. The van der Waals surface area contributed by atoms with Crippen molar-refractivity contribution >= 4 is 17.8 Å². The minimum atomic E-state index is -0.750. The van der Waals surface area contributed by atoms with Gasteiger partial charge < -0.3 is 10.6 Å². The molecule has 1 aliphatic carbocycles. The molecule has 140 valence electrons. The van der Waals surface area contributed by atoms with Crippen molar-refractivity contribution in [3.05, 3.63) is 34.9 Å². The first-order chi connectivity index (χ1) is 12.4. The van der Waals surface area contributed by atoms with Crippen LogP contribution >= 0.6 is 0 Å². The van der Waals surface area contributed by atoms with E-state index >= 15 is 0 Å². The summed E-state index contributed by atoms with van der Waals surface area (Å²) >= 11 is 0. The van der Waals surface area contributed by atoms with Gasteiger partial charge in [-0.05, 0) is 50.7 Å². The lowest BCUT2D eigenvalue weighted by atomic mass is 9.98. The smallest absolute Gasteiger partial charge is 0.325 e. The zero-order valence-electron chi connectivity index (χ0n) is 15.6. The monoisotopic (exact) mass is 357 g/mol. The van der Waals surface area contributed by atoms with Crippen LogP contribution in [0, 0.1) is 13.8 Å². The standard InChI is InChI=1S/C20H27N3O3/c1-14-7-8-16(15(2)12-14)6-5-11-21-17(24)13-23-18(25)20(22-19(23)26)9-3-4-10-20/h7-8,12H,3-6,9-11,13H2,1-2H3,(H,21,24)(H,22,26). The van der Waals surface area contributed by atoms with Gasteiger partial charge in [-0.1, -0.05) is 36.6 Å². The average molecular weight is 357 g/mol. The van der Waals surface area contributed by atoms with Crippen LogP contribution in [-0.2, 0) is 16.0 Å². The Bertz CT molecular complexity index is 723. The molecule has 4 amide bonds. The third-order valence-corrected chi connectivity index (χ3v) is 5.45. The molecular formula is C20H27N3O3. The Kier molecular flexibility index (Phi) is 5.30. The van der Waals surface area contributed by atoms with Gasteiger partial charge in [-0.2, -0.15) is 0 Å². The number of nitrogens with one attached hydrogen (secondary N) is 2. The Morgan fingerprint density at radius 2 is 1.96 bits per heavy atom. The minimum absolute atomic E-state index is 0.198. The fraction of sp³-hybridized carbons (Fsp3) is 0.550. The highest BCUT2D eigenvalue weighted by Gasteiger charge is 2.52. The highest BCUT2D eigenvalue weighted by molar-refractivity contribution is 6.09. The van der Waals surface area contributed by atoms with Crippen molar-refractivity contribution < 1.29 is 14.4 Å². The maximum Gasteiger partial charge on any atom is 0.325 e. The van der Waals surface area contributed by atoms with Gasteiger partial charge in [-0.25, -0.2) is 4.79 Å². The fourth-order valence-electron chi connectivity index (χ4n) is 3.97. The average Bonchev–Trinajstić information content (AvgIpc) is 3.14. The molecule has 1 aromatic rings. The van der Waals surface area contributed by atoms with Gasteiger partial charge in [0.2, 0.25) is 5.91 Å². The van der Waals surface area contributed by atoms with E-state index in [1.807, 2.05) is 0 Å². The van der Waals surface area contributed by atoms with Gasteiger partial charge in [0.25, 0.3) is 5.91 Å². The number of rotatable bonds is 6. The van der Waals surface area contributed by atoms with E-state index in [4.69, 9.17) is 0 Å². The Balaban J connectivity index is 1.44. The third-order valence-electron chi connectivity index (χ3n) is 5.45. The second-order valence-corrected chi connectivity index (χ2v) is 7.49. The number of hydrogen-bond donors (Lipinski definition) is 2. The number of urea groups is 1. The van der Waals surface area contributed by atoms with Gasteiger partial charge in [0.1, 0.15) is 12.1 Å². The number of amides is 4. The molecule has 0 radical (unpaired) electrons. The van der Waals surface area contributed by atoms with Gasteiger partial charge in [0.15, 0.2) is 0 Å². The molecule has 2 fully saturated rings. The normalized spacial score (nSPS) is 18.5. The number of hydrogen-bond acceptors (Lipinski definition) is 3. The molecular weight excluding hydrogens is 330 g/mol. The molecule has 1 spiro atoms. The molecule has 0 bridgehead atoms. The molecule has 0 aromatic heterocycles. The predicted molar refractivity (Wildman–Crippen MR) is 98.7 cm³/mol. The van der Waals surface area contributed by atoms with Crippen LogP contribution in [-0.4, -0.2) is 41.4 Å². The lowest BCUT2D eigenvalue weighted by molar-refractivity contribution is -0.134. The van der Waals surface area contributed by atoms with Crippen molar-refractivity contribution in [2.45, 2.75) is 57.9 Å². The van der Waals surface area contributed by atoms with Crippen molar-refractivity contribution in [2.24, 2.45) is 0 Å². The summed E-state index contributed by atoms with van der Waals surface area (Å²) in [4.78, 5) is 37.8. The molecule has 1 aromatic carbocycles. The minimum Gasteiger partial charge on any atom is -0.355 e. The summed E-state index contributed by atoms with van der Waals surface area (Å²) < 4.78 is 0. The van der Waals surface area contributed by atoms with E-state index in [2.05, 4.69) is 42.7 Å². The van der Waals surface area contributed by atoms with E-state index in [1.165, 1.54) is 16.7 Å². The summed E-state index contributed by atoms with van der Waals surface area (Å²) in [6.07, 6.45) is 4.92. The lowest BCUT2D eigenvalue weighted by Gasteiger charge is -2.19. The Labute approximate surface area is 154 Å². The van der Waals surface area contributed by atoms with Gasteiger partial charge in [0, 0.05) is 6.54 Å². The van der Waals surface area contributed by atoms with Gasteiger partial charge in [0.05, 0.1) is 0 Å².